The zero-order valence-electron chi connectivity index (χ0n) is 9.89. The lowest BCUT2D eigenvalue weighted by Crippen LogP contribution is -2.24. The average Bonchev–Trinajstić information content (AvgIpc) is 2.00. The molecule has 0 aromatic heterocycles. The monoisotopic (exact) mass is 168 g/mol. The first kappa shape index (κ1) is 12.1. The van der Waals surface area contributed by atoms with E-state index in [4.69, 9.17) is 0 Å². The van der Waals surface area contributed by atoms with Crippen LogP contribution >= 0.6 is 0 Å². The molecule has 0 saturated carbocycles. The summed E-state index contributed by atoms with van der Waals surface area (Å²) in [6.07, 6.45) is 0. The zero-order chi connectivity index (χ0) is 9.89. The number of hydrogen-bond donors (Lipinski definition) is 0. The molecule has 0 nitrogen and oxygen atoms in total. The van der Waals surface area contributed by atoms with Gasteiger partial charge in [0.15, 0.2) is 0 Å². The Morgan fingerprint density at radius 2 is 1.17 bits per heavy atom. The van der Waals surface area contributed by atoms with Crippen LogP contribution in [0.4, 0.5) is 0 Å². The van der Waals surface area contributed by atoms with Gasteiger partial charge in [-0.15, -0.1) is 0 Å². The molecule has 0 fully saturated rings. The summed E-state index contributed by atoms with van der Waals surface area (Å²) in [5, 5.41) is 0. The minimum absolute atomic E-state index is 0.821. The molecule has 0 heterocycles. The van der Waals surface area contributed by atoms with Crippen LogP contribution in [-0.2, 0) is 0 Å². The lowest BCUT2D eigenvalue weighted by molar-refractivity contribution is 0.287. The molecule has 72 valence electrons. The van der Waals surface area contributed by atoms with Crippen molar-refractivity contribution in [2.45, 2.75) is 54.1 Å². The van der Waals surface area contributed by atoms with Gasteiger partial charge in [-0.3, -0.25) is 0 Å². The molecule has 3 unspecified atom stereocenters. The van der Waals surface area contributed by atoms with Crippen molar-refractivity contribution in [2.75, 3.05) is 0 Å². The minimum Gasteiger partial charge on any atom is -0.0861 e. The first-order chi connectivity index (χ1) is 5.37. The van der Waals surface area contributed by atoms with E-state index in [1.165, 1.54) is 0 Å². The van der Waals surface area contributed by atoms with Gasteiger partial charge in [-0.2, -0.15) is 0 Å². The van der Waals surface area contributed by atoms with Crippen molar-refractivity contribution in [2.24, 2.45) is 17.8 Å². The fourth-order valence-electron chi connectivity index (χ4n) is 1.69. The van der Waals surface area contributed by atoms with E-state index in [9.17, 15) is 0 Å². The summed E-state index contributed by atoms with van der Waals surface area (Å²) in [5.41, 5.74) is 0. The molecule has 0 aliphatic carbocycles. The van der Waals surface area contributed by atoms with Crippen molar-refractivity contribution in [3.05, 3.63) is 0 Å². The van der Waals surface area contributed by atoms with E-state index in [2.05, 4.69) is 48.3 Å². The minimum atomic E-state index is 0.821. The van der Waals surface area contributed by atoms with Gasteiger partial charge in [0.25, 0.3) is 0 Å². The molecule has 0 aliphatic rings. The van der Waals surface area contributed by atoms with Crippen molar-refractivity contribution in [1.29, 1.82) is 0 Å². The molecular weight excluding hydrogens is 143 g/mol. The summed E-state index contributed by atoms with van der Waals surface area (Å²) in [5.74, 6) is 3.37. The lowest BCUT2D eigenvalue weighted by Gasteiger charge is -2.30. The topological polar surface area (TPSA) is 0 Å². The highest BCUT2D eigenvalue weighted by molar-refractivity contribution is 6.57. The summed E-state index contributed by atoms with van der Waals surface area (Å²) < 4.78 is 0. The molecule has 0 N–H and O–H groups in total. The molecule has 0 aromatic carbocycles. The molecular formula is C11H25B. The Hall–Kier alpha value is 0.0649. The van der Waals surface area contributed by atoms with Crippen LogP contribution in [0.15, 0.2) is 0 Å². The fourth-order valence-corrected chi connectivity index (χ4v) is 1.69. The smallest absolute Gasteiger partial charge is 0.0861 e. The molecule has 0 rings (SSSR count). The van der Waals surface area contributed by atoms with Gasteiger partial charge < -0.3 is 0 Å². The standard InChI is InChI=1S/C11H25B/c1-8(2)9(3)10(4)11(5)12(6)7/h8-11H,1-7H3. The van der Waals surface area contributed by atoms with Crippen LogP contribution in [0.25, 0.3) is 0 Å². The van der Waals surface area contributed by atoms with Crippen molar-refractivity contribution in [3.8, 4) is 0 Å². The van der Waals surface area contributed by atoms with Gasteiger partial charge in [-0.25, -0.2) is 0 Å². The Morgan fingerprint density at radius 3 is 1.42 bits per heavy atom. The molecule has 0 amide bonds. The van der Waals surface area contributed by atoms with E-state index in [0.717, 1.165) is 30.3 Å². The van der Waals surface area contributed by atoms with E-state index in [1.54, 1.807) is 0 Å². The van der Waals surface area contributed by atoms with E-state index >= 15 is 0 Å². The van der Waals surface area contributed by atoms with Gasteiger partial charge >= 0.3 is 0 Å². The fraction of sp³-hybridized carbons (Fsp3) is 1.00. The van der Waals surface area contributed by atoms with Gasteiger partial charge in [0.2, 0.25) is 0 Å². The van der Waals surface area contributed by atoms with E-state index in [0.29, 0.717) is 0 Å². The second-order valence-electron chi connectivity index (χ2n) is 5.07. The van der Waals surface area contributed by atoms with Crippen molar-refractivity contribution in [3.63, 3.8) is 0 Å². The van der Waals surface area contributed by atoms with E-state index < -0.39 is 0 Å². The van der Waals surface area contributed by atoms with Crippen LogP contribution in [0.5, 0.6) is 0 Å². The van der Waals surface area contributed by atoms with Crippen LogP contribution < -0.4 is 0 Å². The van der Waals surface area contributed by atoms with Gasteiger partial charge in [-0.05, 0) is 17.8 Å². The Kier molecular flexibility index (Phi) is 4.97. The quantitative estimate of drug-likeness (QED) is 0.555. The molecule has 0 radical (unpaired) electrons. The van der Waals surface area contributed by atoms with Crippen molar-refractivity contribution >= 4 is 6.71 Å². The molecule has 0 saturated heterocycles. The van der Waals surface area contributed by atoms with E-state index in [-0.39, 0.29) is 0 Å². The Bertz CT molecular complexity index is 104. The van der Waals surface area contributed by atoms with Crippen LogP contribution in [0.3, 0.4) is 0 Å². The van der Waals surface area contributed by atoms with E-state index in [1.807, 2.05) is 0 Å². The SMILES string of the molecule is CB(C)C(C)C(C)C(C)C(C)C. The summed E-state index contributed by atoms with van der Waals surface area (Å²) in [6, 6.07) is 0. The third-order valence-electron chi connectivity index (χ3n) is 3.76. The predicted octanol–water partition coefficient (Wildman–Crippen LogP) is 4.06. The Balaban J connectivity index is 4.08. The third-order valence-corrected chi connectivity index (χ3v) is 3.76. The second kappa shape index (κ2) is 4.94. The highest BCUT2D eigenvalue weighted by atomic mass is 14.2. The molecule has 0 aliphatic heterocycles. The zero-order valence-corrected chi connectivity index (χ0v) is 9.89. The van der Waals surface area contributed by atoms with Crippen molar-refractivity contribution < 1.29 is 0 Å². The van der Waals surface area contributed by atoms with Gasteiger partial charge in [0, 0.05) is 0 Å². The van der Waals surface area contributed by atoms with Crippen LogP contribution in [0, 0.1) is 17.8 Å². The highest BCUT2D eigenvalue weighted by Gasteiger charge is 2.24. The number of rotatable bonds is 4. The van der Waals surface area contributed by atoms with Crippen molar-refractivity contribution in [1.82, 2.24) is 0 Å². The Morgan fingerprint density at radius 1 is 0.750 bits per heavy atom. The molecule has 1 heteroatoms. The summed E-state index contributed by atoms with van der Waals surface area (Å²) >= 11 is 0. The Labute approximate surface area is 79.2 Å². The molecule has 0 aromatic rings. The summed E-state index contributed by atoms with van der Waals surface area (Å²) in [4.78, 5) is 0. The first-order valence-corrected chi connectivity index (χ1v) is 5.37. The molecule has 0 spiro atoms. The van der Waals surface area contributed by atoms with Gasteiger partial charge in [0.05, 0.1) is 0 Å². The molecule has 3 atom stereocenters. The largest absolute Gasteiger partial charge is 0.136 e. The average molecular weight is 168 g/mol. The maximum atomic E-state index is 2.40. The maximum absolute atomic E-state index is 2.40. The first-order valence-electron chi connectivity index (χ1n) is 5.37. The van der Waals surface area contributed by atoms with Gasteiger partial charge in [-0.1, -0.05) is 54.1 Å². The van der Waals surface area contributed by atoms with Crippen LogP contribution in [-0.4, -0.2) is 6.71 Å². The second-order valence-corrected chi connectivity index (χ2v) is 5.07. The third kappa shape index (κ3) is 3.20. The lowest BCUT2D eigenvalue weighted by atomic mass is 9.41. The predicted molar refractivity (Wildman–Crippen MR) is 60.1 cm³/mol. The normalized spacial score (nSPS) is 19.0. The highest BCUT2D eigenvalue weighted by Crippen LogP contribution is 2.31. The molecule has 12 heavy (non-hydrogen) atoms. The maximum Gasteiger partial charge on any atom is 0.136 e. The number of hydrogen-bond acceptors (Lipinski definition) is 0. The van der Waals surface area contributed by atoms with Crippen LogP contribution in [0.1, 0.15) is 34.6 Å². The summed E-state index contributed by atoms with van der Waals surface area (Å²) in [6.45, 7) is 17.3. The summed E-state index contributed by atoms with van der Waals surface area (Å²) in [7, 11) is 0. The van der Waals surface area contributed by atoms with Crippen LogP contribution in [0.2, 0.25) is 19.5 Å². The molecule has 0 bridgehead atoms. The van der Waals surface area contributed by atoms with Gasteiger partial charge in [0.1, 0.15) is 6.71 Å².